The average molecular weight is 441 g/mol. The highest BCUT2D eigenvalue weighted by Crippen LogP contribution is 2.32. The van der Waals surface area contributed by atoms with Crippen molar-refractivity contribution in [3.63, 3.8) is 0 Å². The molecule has 0 bridgehead atoms. The largest absolute Gasteiger partial charge is 0.497 e. The molecule has 2 unspecified atom stereocenters. The zero-order valence-electron chi connectivity index (χ0n) is 18.3. The van der Waals surface area contributed by atoms with E-state index >= 15 is 0 Å². The normalized spacial score (nSPS) is 17.3. The number of carbonyl (C=O) groups excluding carboxylic acids is 3. The average Bonchev–Trinajstić information content (AvgIpc) is 2.80. The zero-order valence-corrected chi connectivity index (χ0v) is 18.3. The van der Waals surface area contributed by atoms with Gasteiger partial charge >= 0.3 is 0 Å². The molecule has 0 aliphatic carbocycles. The number of amides is 3. The maximum atomic E-state index is 12.8. The van der Waals surface area contributed by atoms with Crippen molar-refractivity contribution in [1.82, 2.24) is 15.7 Å². The Morgan fingerprint density at radius 2 is 1.81 bits per heavy atom. The van der Waals surface area contributed by atoms with Crippen molar-refractivity contribution in [3.8, 4) is 11.5 Å². The third-order valence-corrected chi connectivity index (χ3v) is 5.27. The molecule has 32 heavy (non-hydrogen) atoms. The number of ether oxygens (including phenoxy) is 2. The topological polar surface area (TPSA) is 106 Å². The molecule has 9 heteroatoms. The fourth-order valence-electron chi connectivity index (χ4n) is 3.56. The van der Waals surface area contributed by atoms with Crippen LogP contribution in [0.3, 0.4) is 0 Å². The highest BCUT2D eigenvalue weighted by Gasteiger charge is 2.51. The summed E-state index contributed by atoms with van der Waals surface area (Å²) >= 11 is 0. The maximum absolute atomic E-state index is 12.8. The van der Waals surface area contributed by atoms with E-state index in [4.69, 9.17) is 14.3 Å². The number of likely N-dealkylation sites (tertiary alicyclic amines) is 1. The summed E-state index contributed by atoms with van der Waals surface area (Å²) in [5, 5.41) is 2.69. The van der Waals surface area contributed by atoms with Crippen LogP contribution in [0.4, 0.5) is 0 Å². The monoisotopic (exact) mass is 441 g/mol. The fourth-order valence-corrected chi connectivity index (χ4v) is 3.56. The maximum Gasteiger partial charge on any atom is 0.258 e. The van der Waals surface area contributed by atoms with Gasteiger partial charge in [0.25, 0.3) is 5.91 Å². The number of hydroxylamine groups is 1. The van der Waals surface area contributed by atoms with Crippen molar-refractivity contribution in [2.45, 2.75) is 26.1 Å². The molecule has 9 nitrogen and oxygen atoms in total. The Labute approximate surface area is 186 Å². The third-order valence-electron chi connectivity index (χ3n) is 5.27. The SMILES string of the molecule is COc1ccc(CN2C(=O)C(C(=O)NOCc3ccccc3)C2CNC(C)=O)c(OC)c1. The van der Waals surface area contributed by atoms with Gasteiger partial charge in [0.15, 0.2) is 0 Å². The summed E-state index contributed by atoms with van der Waals surface area (Å²) in [7, 11) is 3.09. The summed E-state index contributed by atoms with van der Waals surface area (Å²) in [6.45, 7) is 1.94. The first-order chi connectivity index (χ1) is 15.4. The molecule has 2 aromatic carbocycles. The second-order valence-corrected chi connectivity index (χ2v) is 7.37. The Morgan fingerprint density at radius 3 is 2.47 bits per heavy atom. The van der Waals surface area contributed by atoms with E-state index in [1.807, 2.05) is 30.3 Å². The van der Waals surface area contributed by atoms with Gasteiger partial charge in [0.05, 0.1) is 26.9 Å². The van der Waals surface area contributed by atoms with Crippen LogP contribution in [0.2, 0.25) is 0 Å². The molecule has 1 saturated heterocycles. The van der Waals surface area contributed by atoms with Crippen LogP contribution in [-0.4, -0.2) is 49.4 Å². The molecule has 2 N–H and O–H groups in total. The Morgan fingerprint density at radius 1 is 1.06 bits per heavy atom. The first-order valence-corrected chi connectivity index (χ1v) is 10.2. The molecule has 0 radical (unpaired) electrons. The first kappa shape index (κ1) is 23.1. The molecule has 170 valence electrons. The second-order valence-electron chi connectivity index (χ2n) is 7.37. The molecule has 3 rings (SSSR count). The minimum atomic E-state index is -0.957. The summed E-state index contributed by atoms with van der Waals surface area (Å²) in [6.07, 6.45) is 0. The molecule has 1 aliphatic rings. The predicted octanol–water partition coefficient (Wildman–Crippen LogP) is 1.41. The van der Waals surface area contributed by atoms with E-state index in [2.05, 4.69) is 10.8 Å². The highest BCUT2D eigenvalue weighted by molar-refractivity contribution is 6.05. The molecule has 2 atom stereocenters. The van der Waals surface area contributed by atoms with E-state index in [0.29, 0.717) is 11.5 Å². The first-order valence-electron chi connectivity index (χ1n) is 10.2. The standard InChI is InChI=1S/C23H27N3O6/c1-15(27)24-12-19-21(22(28)25-32-14-16-7-5-4-6-8-16)23(29)26(19)13-17-9-10-18(30-2)11-20(17)31-3/h4-11,19,21H,12-14H2,1-3H3,(H,24,27)(H,25,28). The van der Waals surface area contributed by atoms with Crippen LogP contribution >= 0.6 is 0 Å². The summed E-state index contributed by atoms with van der Waals surface area (Å²) < 4.78 is 10.6. The molecule has 1 fully saturated rings. The van der Waals surface area contributed by atoms with Gasteiger partial charge in [-0.25, -0.2) is 5.48 Å². The molecular formula is C23H27N3O6. The lowest BCUT2D eigenvalue weighted by Crippen LogP contribution is -2.67. The van der Waals surface area contributed by atoms with Crippen LogP contribution in [0, 0.1) is 5.92 Å². The molecular weight excluding hydrogens is 414 g/mol. The van der Waals surface area contributed by atoms with E-state index in [-0.39, 0.29) is 31.5 Å². The minimum Gasteiger partial charge on any atom is -0.497 e. The van der Waals surface area contributed by atoms with Crippen molar-refractivity contribution in [2.24, 2.45) is 5.92 Å². The number of nitrogens with one attached hydrogen (secondary N) is 2. The third kappa shape index (κ3) is 5.36. The number of β-lactam (4-membered cyclic amide) rings is 1. The molecule has 0 saturated carbocycles. The van der Waals surface area contributed by atoms with Gasteiger partial charge in [-0.1, -0.05) is 30.3 Å². The lowest BCUT2D eigenvalue weighted by atomic mass is 9.85. The van der Waals surface area contributed by atoms with Gasteiger partial charge in [0, 0.05) is 31.6 Å². The lowest BCUT2D eigenvalue weighted by molar-refractivity contribution is -0.168. The Kier molecular flexibility index (Phi) is 7.67. The van der Waals surface area contributed by atoms with Crippen molar-refractivity contribution in [1.29, 1.82) is 0 Å². The summed E-state index contributed by atoms with van der Waals surface area (Å²) in [5.41, 5.74) is 4.01. The van der Waals surface area contributed by atoms with Crippen LogP contribution < -0.4 is 20.3 Å². The van der Waals surface area contributed by atoms with Crippen molar-refractivity contribution in [2.75, 3.05) is 20.8 Å². The van der Waals surface area contributed by atoms with Gasteiger partial charge in [-0.05, 0) is 17.7 Å². The molecule has 0 spiro atoms. The number of rotatable bonds is 10. The van der Waals surface area contributed by atoms with Crippen molar-refractivity contribution < 1.29 is 28.7 Å². The van der Waals surface area contributed by atoms with E-state index in [0.717, 1.165) is 11.1 Å². The van der Waals surface area contributed by atoms with Crippen LogP contribution in [0.25, 0.3) is 0 Å². The van der Waals surface area contributed by atoms with E-state index in [1.165, 1.54) is 14.0 Å². The van der Waals surface area contributed by atoms with Crippen molar-refractivity contribution >= 4 is 17.7 Å². The number of hydrogen-bond donors (Lipinski definition) is 2. The van der Waals surface area contributed by atoms with Crippen LogP contribution in [0.5, 0.6) is 11.5 Å². The number of benzene rings is 2. The predicted molar refractivity (Wildman–Crippen MR) is 115 cm³/mol. The Hall–Kier alpha value is -3.59. The molecule has 1 aliphatic heterocycles. The number of hydrogen-bond acceptors (Lipinski definition) is 6. The van der Waals surface area contributed by atoms with E-state index in [1.54, 1.807) is 30.2 Å². The number of carbonyl (C=O) groups is 3. The van der Waals surface area contributed by atoms with Crippen LogP contribution in [0.15, 0.2) is 48.5 Å². The van der Waals surface area contributed by atoms with E-state index in [9.17, 15) is 14.4 Å². The van der Waals surface area contributed by atoms with Gasteiger partial charge in [0.1, 0.15) is 17.4 Å². The molecule has 2 aromatic rings. The van der Waals surface area contributed by atoms with Gasteiger partial charge in [0.2, 0.25) is 11.8 Å². The Balaban J connectivity index is 1.67. The van der Waals surface area contributed by atoms with Gasteiger partial charge < -0.3 is 19.7 Å². The lowest BCUT2D eigenvalue weighted by Gasteiger charge is -2.46. The number of nitrogens with zero attached hydrogens (tertiary/aromatic N) is 1. The fraction of sp³-hybridized carbons (Fsp3) is 0.348. The molecule has 3 amide bonds. The number of methoxy groups -OCH3 is 2. The highest BCUT2D eigenvalue weighted by atomic mass is 16.6. The van der Waals surface area contributed by atoms with Gasteiger partial charge in [-0.2, -0.15) is 0 Å². The summed E-state index contributed by atoms with van der Waals surface area (Å²) in [6, 6.07) is 14.1. The smallest absolute Gasteiger partial charge is 0.258 e. The van der Waals surface area contributed by atoms with Crippen molar-refractivity contribution in [3.05, 3.63) is 59.7 Å². The van der Waals surface area contributed by atoms with E-state index < -0.39 is 17.9 Å². The summed E-state index contributed by atoms with van der Waals surface area (Å²) in [5.74, 6) is -0.899. The minimum absolute atomic E-state index is 0.149. The summed E-state index contributed by atoms with van der Waals surface area (Å²) in [4.78, 5) is 43.8. The van der Waals surface area contributed by atoms with Gasteiger partial charge in [-0.3, -0.25) is 19.2 Å². The molecule has 1 heterocycles. The molecule has 0 aromatic heterocycles. The van der Waals surface area contributed by atoms with Gasteiger partial charge in [-0.15, -0.1) is 0 Å². The second kappa shape index (κ2) is 10.6. The Bertz CT molecular complexity index is 965. The quantitative estimate of drug-likeness (QED) is 0.328. The van der Waals surface area contributed by atoms with Crippen LogP contribution in [-0.2, 0) is 32.4 Å². The zero-order chi connectivity index (χ0) is 23.1. The van der Waals surface area contributed by atoms with Crippen LogP contribution in [0.1, 0.15) is 18.1 Å².